The zero-order valence-corrected chi connectivity index (χ0v) is 18.2. The van der Waals surface area contributed by atoms with E-state index in [1.807, 2.05) is 0 Å². The number of nitrogens with zero attached hydrogens (tertiary/aromatic N) is 2. The summed E-state index contributed by atoms with van der Waals surface area (Å²) in [5, 5.41) is 0. The van der Waals surface area contributed by atoms with Gasteiger partial charge in [-0.1, -0.05) is 20.3 Å². The van der Waals surface area contributed by atoms with Crippen molar-refractivity contribution in [3.8, 4) is 0 Å². The summed E-state index contributed by atoms with van der Waals surface area (Å²) in [6.45, 7) is 10.2. The standard InChI is InChI=1S/C24H42N2O/c1-16-11-18(3)26-21(13-16)7-5-8-22(26)15-20-12-17(2)14-24-23(20)9-6-10-25(24)19(4)27/h16-18,20-24H,5-15H2,1-4H3/t16-,17+,18+,20+,21+,22+,23+,24+/m0/s1. The third-order valence-electron chi connectivity index (χ3n) is 8.61. The molecule has 0 bridgehead atoms. The Balaban J connectivity index is 1.49. The first kappa shape index (κ1) is 19.7. The fraction of sp³-hybridized carbons (Fsp3) is 0.958. The third kappa shape index (κ3) is 3.95. The van der Waals surface area contributed by atoms with Gasteiger partial charge in [0, 0.05) is 37.6 Å². The first-order chi connectivity index (χ1) is 12.9. The van der Waals surface area contributed by atoms with Crippen LogP contribution in [0.4, 0.5) is 0 Å². The largest absolute Gasteiger partial charge is 0.340 e. The molecule has 0 aromatic carbocycles. The summed E-state index contributed by atoms with van der Waals surface area (Å²) in [7, 11) is 0. The van der Waals surface area contributed by atoms with Gasteiger partial charge in [-0.05, 0) is 88.4 Å². The van der Waals surface area contributed by atoms with Crippen LogP contribution in [0.5, 0.6) is 0 Å². The van der Waals surface area contributed by atoms with Crippen LogP contribution in [0.15, 0.2) is 0 Å². The van der Waals surface area contributed by atoms with Crippen LogP contribution in [0.25, 0.3) is 0 Å². The van der Waals surface area contributed by atoms with E-state index in [0.29, 0.717) is 11.9 Å². The number of likely N-dealkylation sites (tertiary alicyclic amines) is 1. The summed E-state index contributed by atoms with van der Waals surface area (Å²) in [5.41, 5.74) is 0. The first-order valence-electron chi connectivity index (χ1n) is 12.0. The van der Waals surface area contributed by atoms with E-state index in [1.165, 1.54) is 64.2 Å². The minimum atomic E-state index is 0.314. The average Bonchev–Trinajstić information content (AvgIpc) is 2.60. The summed E-state index contributed by atoms with van der Waals surface area (Å²) in [4.78, 5) is 17.4. The Hall–Kier alpha value is -0.570. The Bertz CT molecular complexity index is 534. The van der Waals surface area contributed by atoms with Gasteiger partial charge in [0.1, 0.15) is 0 Å². The molecule has 3 nitrogen and oxygen atoms in total. The van der Waals surface area contributed by atoms with Crippen molar-refractivity contribution in [1.29, 1.82) is 0 Å². The summed E-state index contributed by atoms with van der Waals surface area (Å²) in [6, 6.07) is 2.94. The van der Waals surface area contributed by atoms with Crippen LogP contribution < -0.4 is 0 Å². The van der Waals surface area contributed by atoms with Gasteiger partial charge in [-0.15, -0.1) is 0 Å². The highest BCUT2D eigenvalue weighted by Gasteiger charge is 2.45. The Morgan fingerprint density at radius 1 is 0.926 bits per heavy atom. The van der Waals surface area contributed by atoms with Crippen LogP contribution in [0.2, 0.25) is 0 Å². The fourth-order valence-electron chi connectivity index (χ4n) is 7.80. The average molecular weight is 375 g/mol. The molecule has 4 fully saturated rings. The Labute approximate surface area is 167 Å². The highest BCUT2D eigenvalue weighted by atomic mass is 16.2. The molecular weight excluding hydrogens is 332 g/mol. The van der Waals surface area contributed by atoms with Crippen LogP contribution in [-0.2, 0) is 4.79 Å². The van der Waals surface area contributed by atoms with Crippen molar-refractivity contribution in [2.45, 2.75) is 116 Å². The van der Waals surface area contributed by atoms with E-state index in [4.69, 9.17) is 0 Å². The second-order valence-electron chi connectivity index (χ2n) is 10.8. The highest BCUT2D eigenvalue weighted by Crippen LogP contribution is 2.46. The van der Waals surface area contributed by atoms with Crippen molar-refractivity contribution in [2.75, 3.05) is 6.54 Å². The second-order valence-corrected chi connectivity index (χ2v) is 10.8. The first-order valence-corrected chi connectivity index (χ1v) is 12.0. The van der Waals surface area contributed by atoms with Crippen LogP contribution >= 0.6 is 0 Å². The van der Waals surface area contributed by atoms with Gasteiger partial charge in [0.05, 0.1) is 0 Å². The predicted octanol–water partition coefficient (Wildman–Crippen LogP) is 5.09. The maximum Gasteiger partial charge on any atom is 0.219 e. The van der Waals surface area contributed by atoms with Crippen LogP contribution in [0.3, 0.4) is 0 Å². The number of carbonyl (C=O) groups is 1. The van der Waals surface area contributed by atoms with Crippen molar-refractivity contribution >= 4 is 5.91 Å². The van der Waals surface area contributed by atoms with Gasteiger partial charge in [0.2, 0.25) is 5.91 Å². The fourth-order valence-corrected chi connectivity index (χ4v) is 7.80. The molecule has 0 unspecified atom stereocenters. The Morgan fingerprint density at radius 3 is 2.48 bits per heavy atom. The van der Waals surface area contributed by atoms with Crippen LogP contribution in [0.1, 0.15) is 91.9 Å². The van der Waals surface area contributed by atoms with E-state index in [1.54, 1.807) is 6.92 Å². The molecule has 4 aliphatic rings. The number of amides is 1. The summed E-state index contributed by atoms with van der Waals surface area (Å²) in [6.07, 6.45) is 13.7. The van der Waals surface area contributed by atoms with Crippen molar-refractivity contribution < 1.29 is 4.79 Å². The van der Waals surface area contributed by atoms with Gasteiger partial charge in [-0.2, -0.15) is 0 Å². The molecule has 1 amide bonds. The van der Waals surface area contributed by atoms with E-state index in [2.05, 4.69) is 30.6 Å². The highest BCUT2D eigenvalue weighted by molar-refractivity contribution is 5.73. The number of piperidine rings is 3. The molecule has 4 rings (SSSR count). The lowest BCUT2D eigenvalue weighted by Gasteiger charge is -2.54. The maximum atomic E-state index is 12.2. The second kappa shape index (κ2) is 8.05. The van der Waals surface area contributed by atoms with E-state index < -0.39 is 0 Å². The molecule has 8 atom stereocenters. The smallest absolute Gasteiger partial charge is 0.219 e. The summed E-state index contributed by atoms with van der Waals surface area (Å²) in [5.74, 6) is 3.58. The number of carbonyl (C=O) groups excluding carboxylic acids is 1. The lowest BCUT2D eigenvalue weighted by molar-refractivity contribution is -0.137. The zero-order chi connectivity index (χ0) is 19.1. The molecule has 3 heterocycles. The van der Waals surface area contributed by atoms with Gasteiger partial charge < -0.3 is 4.90 Å². The maximum absolute atomic E-state index is 12.2. The van der Waals surface area contributed by atoms with Gasteiger partial charge in [0.15, 0.2) is 0 Å². The predicted molar refractivity (Wildman–Crippen MR) is 112 cm³/mol. The van der Waals surface area contributed by atoms with Crippen LogP contribution in [-0.4, -0.2) is 46.4 Å². The van der Waals surface area contributed by atoms with Crippen LogP contribution in [0, 0.1) is 23.7 Å². The molecule has 3 aliphatic heterocycles. The number of hydrogen-bond acceptors (Lipinski definition) is 2. The lowest BCUT2D eigenvalue weighted by atomic mass is 9.65. The molecule has 0 N–H and O–H groups in total. The van der Waals surface area contributed by atoms with E-state index >= 15 is 0 Å². The molecule has 3 saturated heterocycles. The number of rotatable bonds is 2. The summed E-state index contributed by atoms with van der Waals surface area (Å²) >= 11 is 0. The molecule has 154 valence electrons. The van der Waals surface area contributed by atoms with Crippen molar-refractivity contribution in [3.63, 3.8) is 0 Å². The van der Waals surface area contributed by atoms with Gasteiger partial charge >= 0.3 is 0 Å². The minimum Gasteiger partial charge on any atom is -0.340 e. The molecule has 27 heavy (non-hydrogen) atoms. The topological polar surface area (TPSA) is 23.6 Å². The number of hydrogen-bond donors (Lipinski definition) is 0. The molecule has 3 heteroatoms. The molecular formula is C24H42N2O. The Morgan fingerprint density at radius 2 is 1.70 bits per heavy atom. The molecule has 0 spiro atoms. The van der Waals surface area contributed by atoms with Gasteiger partial charge in [-0.3, -0.25) is 9.69 Å². The van der Waals surface area contributed by atoms with Crippen molar-refractivity contribution in [1.82, 2.24) is 9.80 Å². The Kier molecular flexibility index (Phi) is 5.88. The quantitative estimate of drug-likeness (QED) is 0.672. The van der Waals surface area contributed by atoms with E-state index in [0.717, 1.165) is 48.3 Å². The molecule has 1 aliphatic carbocycles. The number of fused-ring (bicyclic) bond motifs is 2. The monoisotopic (exact) mass is 374 g/mol. The van der Waals surface area contributed by atoms with E-state index in [-0.39, 0.29) is 0 Å². The SMILES string of the molecule is CC(=O)N1CCC[C@@H]2[C@@H](C[C@H]3CCC[C@@H]4C[C@@H](C)C[C@@H](C)N43)C[C@@H](C)C[C@H]21. The molecule has 1 saturated carbocycles. The normalized spacial score (nSPS) is 45.9. The molecule has 0 aromatic rings. The van der Waals surface area contributed by atoms with Crippen molar-refractivity contribution in [2.24, 2.45) is 23.7 Å². The van der Waals surface area contributed by atoms with E-state index in [9.17, 15) is 4.79 Å². The van der Waals surface area contributed by atoms with Crippen molar-refractivity contribution in [3.05, 3.63) is 0 Å². The molecule has 0 aromatic heterocycles. The zero-order valence-electron chi connectivity index (χ0n) is 18.2. The lowest BCUT2D eigenvalue weighted by Crippen LogP contribution is -2.57. The minimum absolute atomic E-state index is 0.314. The third-order valence-corrected chi connectivity index (χ3v) is 8.61. The van der Waals surface area contributed by atoms with Gasteiger partial charge in [0.25, 0.3) is 0 Å². The summed E-state index contributed by atoms with van der Waals surface area (Å²) < 4.78 is 0. The molecule has 0 radical (unpaired) electrons. The van der Waals surface area contributed by atoms with Gasteiger partial charge in [-0.25, -0.2) is 0 Å².